The molecular formula is C21H24O2Si. The molecule has 0 fully saturated rings. The van der Waals surface area contributed by atoms with Gasteiger partial charge in [-0.15, -0.1) is 0 Å². The van der Waals surface area contributed by atoms with E-state index in [1.807, 2.05) is 50.2 Å². The number of benzene rings is 2. The molecule has 0 aliphatic rings. The van der Waals surface area contributed by atoms with Crippen molar-refractivity contribution < 1.29 is 9.16 Å². The normalized spacial score (nSPS) is 12.1. The topological polar surface area (TPSA) is 18.5 Å². The van der Waals surface area contributed by atoms with E-state index >= 15 is 0 Å². The molecule has 24 heavy (non-hydrogen) atoms. The maximum atomic E-state index is 6.63. The van der Waals surface area contributed by atoms with Gasteiger partial charge in [0.15, 0.2) is 0 Å². The van der Waals surface area contributed by atoms with Gasteiger partial charge in [-0.1, -0.05) is 84.3 Å². The summed E-state index contributed by atoms with van der Waals surface area (Å²) in [6.07, 6.45) is -0.0751. The number of rotatable bonds is 6. The molecule has 0 saturated carbocycles. The van der Waals surface area contributed by atoms with Crippen molar-refractivity contribution in [3.63, 3.8) is 0 Å². The highest BCUT2D eigenvalue weighted by atomic mass is 28.4. The molecule has 0 aliphatic carbocycles. The number of ether oxygens (including phenoxy) is 1. The SMILES string of the molecule is C=C(C)C(C)O[Si](C#CCOC)(c1ccccc1)c1ccccc1. The molecule has 1 unspecified atom stereocenters. The highest BCUT2D eigenvalue weighted by Gasteiger charge is 2.40. The Hall–Kier alpha value is -2.12. The van der Waals surface area contributed by atoms with Crippen LogP contribution in [0.5, 0.6) is 0 Å². The predicted molar refractivity (Wildman–Crippen MR) is 103 cm³/mol. The van der Waals surface area contributed by atoms with E-state index in [1.54, 1.807) is 7.11 Å². The van der Waals surface area contributed by atoms with Gasteiger partial charge in [0.2, 0.25) is 0 Å². The molecule has 0 aliphatic heterocycles. The van der Waals surface area contributed by atoms with Crippen molar-refractivity contribution in [2.45, 2.75) is 20.0 Å². The maximum Gasteiger partial charge on any atom is 0.337 e. The van der Waals surface area contributed by atoms with Gasteiger partial charge in [0.05, 0.1) is 6.10 Å². The lowest BCUT2D eigenvalue weighted by molar-refractivity contribution is 0.239. The summed E-state index contributed by atoms with van der Waals surface area (Å²) >= 11 is 0. The van der Waals surface area contributed by atoms with Gasteiger partial charge in [0.1, 0.15) is 6.61 Å². The maximum absolute atomic E-state index is 6.63. The molecule has 3 heteroatoms. The van der Waals surface area contributed by atoms with Crippen LogP contribution in [0.1, 0.15) is 13.8 Å². The first-order valence-electron chi connectivity index (χ1n) is 8.03. The second-order valence-electron chi connectivity index (χ2n) is 5.75. The Morgan fingerprint density at radius 2 is 1.54 bits per heavy atom. The number of methoxy groups -OCH3 is 1. The fourth-order valence-corrected chi connectivity index (χ4v) is 5.75. The summed E-state index contributed by atoms with van der Waals surface area (Å²) in [4.78, 5) is 0. The van der Waals surface area contributed by atoms with Crippen LogP contribution in [0.2, 0.25) is 0 Å². The molecule has 2 rings (SSSR count). The Kier molecular flexibility index (Phi) is 6.57. The minimum absolute atomic E-state index is 0.0751. The molecule has 0 saturated heterocycles. The fraction of sp³-hybridized carbons (Fsp3) is 0.238. The van der Waals surface area contributed by atoms with E-state index in [4.69, 9.17) is 9.16 Å². The first kappa shape index (κ1) is 18.2. The first-order valence-corrected chi connectivity index (χ1v) is 9.94. The second kappa shape index (κ2) is 8.65. The second-order valence-corrected chi connectivity index (χ2v) is 8.76. The van der Waals surface area contributed by atoms with E-state index in [9.17, 15) is 0 Å². The molecular weight excluding hydrogens is 312 g/mol. The van der Waals surface area contributed by atoms with Crippen molar-refractivity contribution in [3.8, 4) is 11.5 Å². The third-order valence-electron chi connectivity index (χ3n) is 3.89. The third-order valence-corrected chi connectivity index (χ3v) is 7.42. The van der Waals surface area contributed by atoms with Crippen molar-refractivity contribution in [2.75, 3.05) is 13.7 Å². The number of hydrogen-bond donors (Lipinski definition) is 0. The van der Waals surface area contributed by atoms with Crippen LogP contribution in [0.25, 0.3) is 0 Å². The molecule has 0 radical (unpaired) electrons. The highest BCUT2D eigenvalue weighted by Crippen LogP contribution is 2.14. The molecule has 0 spiro atoms. The minimum atomic E-state index is -2.71. The van der Waals surface area contributed by atoms with Gasteiger partial charge in [-0.2, -0.15) is 0 Å². The molecule has 0 amide bonds. The molecule has 0 bridgehead atoms. The van der Waals surface area contributed by atoms with E-state index in [0.29, 0.717) is 6.61 Å². The molecule has 1 atom stereocenters. The fourth-order valence-electron chi connectivity index (χ4n) is 2.42. The Morgan fingerprint density at radius 1 is 1.04 bits per heavy atom. The first-order chi connectivity index (χ1) is 11.6. The zero-order valence-corrected chi connectivity index (χ0v) is 15.6. The average Bonchev–Trinajstić information content (AvgIpc) is 2.62. The lowest BCUT2D eigenvalue weighted by atomic mass is 10.2. The van der Waals surface area contributed by atoms with E-state index in [0.717, 1.165) is 15.9 Å². The molecule has 124 valence electrons. The van der Waals surface area contributed by atoms with Gasteiger partial charge >= 0.3 is 8.32 Å². The lowest BCUT2D eigenvalue weighted by Crippen LogP contribution is -2.61. The molecule has 2 aromatic rings. The molecule has 0 aromatic heterocycles. The van der Waals surface area contributed by atoms with E-state index < -0.39 is 8.32 Å². The zero-order chi connectivity index (χ0) is 17.4. The predicted octanol–water partition coefficient (Wildman–Crippen LogP) is 2.92. The van der Waals surface area contributed by atoms with Crippen molar-refractivity contribution in [1.82, 2.24) is 0 Å². The van der Waals surface area contributed by atoms with Crippen molar-refractivity contribution in [2.24, 2.45) is 0 Å². The summed E-state index contributed by atoms with van der Waals surface area (Å²) < 4.78 is 11.8. The van der Waals surface area contributed by atoms with Crippen LogP contribution in [0, 0.1) is 11.5 Å². The smallest absolute Gasteiger partial charge is 0.337 e. The van der Waals surface area contributed by atoms with Gasteiger partial charge < -0.3 is 9.16 Å². The molecule has 0 heterocycles. The summed E-state index contributed by atoms with van der Waals surface area (Å²) in [6.45, 7) is 8.46. The van der Waals surface area contributed by atoms with Crippen LogP contribution < -0.4 is 10.4 Å². The van der Waals surface area contributed by atoms with Crippen LogP contribution in [0.15, 0.2) is 72.8 Å². The van der Waals surface area contributed by atoms with Crippen molar-refractivity contribution in [3.05, 3.63) is 72.8 Å². The average molecular weight is 337 g/mol. The van der Waals surface area contributed by atoms with Crippen LogP contribution in [0.4, 0.5) is 0 Å². The number of hydrogen-bond acceptors (Lipinski definition) is 2. The largest absolute Gasteiger partial charge is 0.392 e. The van der Waals surface area contributed by atoms with Crippen LogP contribution in [-0.2, 0) is 9.16 Å². The summed E-state index contributed by atoms with van der Waals surface area (Å²) in [6, 6.07) is 20.6. The van der Waals surface area contributed by atoms with Gasteiger partial charge in [0, 0.05) is 7.11 Å². The summed E-state index contributed by atoms with van der Waals surface area (Å²) in [7, 11) is -1.06. The van der Waals surface area contributed by atoms with Crippen LogP contribution >= 0.6 is 0 Å². The van der Waals surface area contributed by atoms with Crippen LogP contribution in [0.3, 0.4) is 0 Å². The monoisotopic (exact) mass is 336 g/mol. The van der Waals surface area contributed by atoms with Crippen LogP contribution in [-0.4, -0.2) is 28.1 Å². The van der Waals surface area contributed by atoms with E-state index in [1.165, 1.54) is 0 Å². The van der Waals surface area contributed by atoms with Gasteiger partial charge in [-0.25, -0.2) is 0 Å². The lowest BCUT2D eigenvalue weighted by Gasteiger charge is -2.31. The van der Waals surface area contributed by atoms with Crippen molar-refractivity contribution in [1.29, 1.82) is 0 Å². The van der Waals surface area contributed by atoms with E-state index in [2.05, 4.69) is 42.3 Å². The Morgan fingerprint density at radius 3 is 1.96 bits per heavy atom. The van der Waals surface area contributed by atoms with Gasteiger partial charge in [-0.3, -0.25) is 0 Å². The summed E-state index contributed by atoms with van der Waals surface area (Å²) in [5, 5.41) is 2.26. The van der Waals surface area contributed by atoms with Gasteiger partial charge in [0.25, 0.3) is 0 Å². The Bertz CT molecular complexity index is 674. The van der Waals surface area contributed by atoms with Gasteiger partial charge in [-0.05, 0) is 24.2 Å². The highest BCUT2D eigenvalue weighted by molar-refractivity contribution is 7.03. The Balaban J connectivity index is 2.64. The molecule has 2 nitrogen and oxygen atoms in total. The Labute approximate surface area is 146 Å². The minimum Gasteiger partial charge on any atom is -0.392 e. The molecule has 2 aromatic carbocycles. The quantitative estimate of drug-likeness (QED) is 0.459. The third kappa shape index (κ3) is 4.24. The van der Waals surface area contributed by atoms with E-state index in [-0.39, 0.29) is 6.10 Å². The standard InChI is InChI=1S/C21H24O2Si/c1-18(2)19(3)23-24(17-11-16-22-4,20-12-7-5-8-13-20)21-14-9-6-10-15-21/h5-10,12-15,19H,1,16H2,2-4H3. The summed E-state index contributed by atoms with van der Waals surface area (Å²) in [5.74, 6) is 3.15. The summed E-state index contributed by atoms with van der Waals surface area (Å²) in [5.41, 5.74) is 4.45. The zero-order valence-electron chi connectivity index (χ0n) is 14.6. The van der Waals surface area contributed by atoms with Crippen molar-refractivity contribution >= 4 is 18.7 Å². The molecule has 0 N–H and O–H groups in total.